The Bertz CT molecular complexity index is 1040. The monoisotopic (exact) mass is 378 g/mol. The number of nitrogens with one attached hydrogen (secondary N) is 1. The number of hydrogen-bond acceptors (Lipinski definition) is 5. The van der Waals surface area contributed by atoms with Gasteiger partial charge < -0.3 is 9.88 Å². The molecule has 0 aliphatic carbocycles. The maximum absolute atomic E-state index is 12.6. The van der Waals surface area contributed by atoms with Crippen LogP contribution >= 0.6 is 11.3 Å². The zero-order valence-corrected chi connectivity index (χ0v) is 15.6. The Balaban J connectivity index is 1.56. The van der Waals surface area contributed by atoms with Gasteiger partial charge >= 0.3 is 0 Å². The molecule has 3 aromatic heterocycles. The molecule has 7 nitrogen and oxygen atoms in total. The fraction of sp³-hybridized carbons (Fsp3) is 0.158. The van der Waals surface area contributed by atoms with Crippen LogP contribution in [0.5, 0.6) is 0 Å². The molecule has 27 heavy (non-hydrogen) atoms. The van der Waals surface area contributed by atoms with Crippen molar-refractivity contribution in [3.05, 3.63) is 71.9 Å². The molecule has 0 atom stereocenters. The molecule has 1 N–H and O–H groups in total. The van der Waals surface area contributed by atoms with Gasteiger partial charge in [0.2, 0.25) is 5.82 Å². The molecule has 4 aromatic rings. The van der Waals surface area contributed by atoms with Crippen LogP contribution in [0.1, 0.15) is 16.4 Å². The van der Waals surface area contributed by atoms with E-state index in [1.807, 2.05) is 65.7 Å². The van der Waals surface area contributed by atoms with Crippen LogP contribution in [-0.4, -0.2) is 36.8 Å². The number of imidazole rings is 1. The summed E-state index contributed by atoms with van der Waals surface area (Å²) in [7, 11) is 1.93. The van der Waals surface area contributed by atoms with Crippen LogP contribution in [0.2, 0.25) is 0 Å². The molecule has 0 aliphatic heterocycles. The van der Waals surface area contributed by atoms with Gasteiger partial charge in [0.1, 0.15) is 5.82 Å². The molecule has 0 aliphatic rings. The van der Waals surface area contributed by atoms with Crippen LogP contribution in [-0.2, 0) is 13.5 Å². The molecule has 0 radical (unpaired) electrons. The molecule has 0 spiro atoms. The smallest absolute Gasteiger partial charge is 0.291 e. The molecule has 1 aromatic carbocycles. The number of para-hydroxylation sites is 1. The van der Waals surface area contributed by atoms with Gasteiger partial charge in [-0.2, -0.15) is 0 Å². The summed E-state index contributed by atoms with van der Waals surface area (Å²) in [5.74, 6) is 1.43. The molecule has 0 fully saturated rings. The normalized spacial score (nSPS) is 10.9. The van der Waals surface area contributed by atoms with Gasteiger partial charge in [0.05, 0.1) is 10.6 Å². The lowest BCUT2D eigenvalue weighted by Crippen LogP contribution is -2.27. The lowest BCUT2D eigenvalue weighted by molar-refractivity contribution is 0.0943. The Kier molecular flexibility index (Phi) is 4.80. The molecule has 0 bridgehead atoms. The summed E-state index contributed by atoms with van der Waals surface area (Å²) in [4.78, 5) is 22.3. The average molecular weight is 378 g/mol. The van der Waals surface area contributed by atoms with Crippen LogP contribution in [0.15, 0.2) is 60.2 Å². The van der Waals surface area contributed by atoms with E-state index in [0.29, 0.717) is 18.8 Å². The summed E-state index contributed by atoms with van der Waals surface area (Å²) in [5, 5.41) is 9.30. The first kappa shape index (κ1) is 17.2. The van der Waals surface area contributed by atoms with Gasteiger partial charge in [-0.25, -0.2) is 14.6 Å². The Hall–Kier alpha value is -3.26. The second kappa shape index (κ2) is 7.55. The van der Waals surface area contributed by atoms with Gasteiger partial charge in [-0.3, -0.25) is 4.79 Å². The first-order chi connectivity index (χ1) is 13.2. The average Bonchev–Trinajstić information content (AvgIpc) is 3.43. The number of hydrogen-bond donors (Lipinski definition) is 1. The van der Waals surface area contributed by atoms with Crippen molar-refractivity contribution in [2.75, 3.05) is 6.54 Å². The third-order valence-electron chi connectivity index (χ3n) is 4.11. The molecule has 0 saturated carbocycles. The molecular weight excluding hydrogens is 360 g/mol. The molecular formula is C19H18N6OS. The van der Waals surface area contributed by atoms with Crippen LogP contribution in [0, 0.1) is 0 Å². The van der Waals surface area contributed by atoms with Crippen molar-refractivity contribution in [3.8, 4) is 16.4 Å². The summed E-state index contributed by atoms with van der Waals surface area (Å²) in [6.07, 6.45) is 4.27. The van der Waals surface area contributed by atoms with Gasteiger partial charge in [0.15, 0.2) is 5.82 Å². The van der Waals surface area contributed by atoms with Crippen LogP contribution in [0.3, 0.4) is 0 Å². The quantitative estimate of drug-likeness (QED) is 0.560. The van der Waals surface area contributed by atoms with Crippen molar-refractivity contribution in [3.63, 3.8) is 0 Å². The van der Waals surface area contributed by atoms with E-state index in [4.69, 9.17) is 0 Å². The molecule has 3 heterocycles. The standard InChI is InChI=1S/C19H18N6OS/c1-24-12-11-20-16(24)9-10-21-19(26)17-22-18(15-8-5-13-27-15)25(23-17)14-6-3-2-4-7-14/h2-8,11-13H,9-10H2,1H3,(H,21,26). The predicted molar refractivity (Wildman–Crippen MR) is 104 cm³/mol. The maximum Gasteiger partial charge on any atom is 0.291 e. The van der Waals surface area contributed by atoms with E-state index in [0.717, 1.165) is 16.4 Å². The summed E-state index contributed by atoms with van der Waals surface area (Å²) in [5.41, 5.74) is 0.862. The highest BCUT2D eigenvalue weighted by Gasteiger charge is 2.19. The Morgan fingerprint density at radius 3 is 2.74 bits per heavy atom. The highest BCUT2D eigenvalue weighted by molar-refractivity contribution is 7.13. The van der Waals surface area contributed by atoms with Gasteiger partial charge in [-0.1, -0.05) is 24.3 Å². The number of nitrogens with zero attached hydrogens (tertiary/aromatic N) is 5. The van der Waals surface area contributed by atoms with Crippen molar-refractivity contribution < 1.29 is 4.79 Å². The summed E-state index contributed by atoms with van der Waals surface area (Å²) in [6, 6.07) is 13.6. The van der Waals surface area contributed by atoms with Gasteiger partial charge in [-0.15, -0.1) is 16.4 Å². The fourth-order valence-corrected chi connectivity index (χ4v) is 3.43. The number of carbonyl (C=O) groups is 1. The summed E-state index contributed by atoms with van der Waals surface area (Å²) >= 11 is 1.56. The molecule has 1 amide bonds. The van der Waals surface area contributed by atoms with Crippen molar-refractivity contribution >= 4 is 17.2 Å². The minimum absolute atomic E-state index is 0.155. The van der Waals surface area contributed by atoms with Crippen LogP contribution in [0.25, 0.3) is 16.4 Å². The van der Waals surface area contributed by atoms with Crippen molar-refractivity contribution in [2.24, 2.45) is 7.05 Å². The minimum Gasteiger partial charge on any atom is -0.349 e. The summed E-state index contributed by atoms with van der Waals surface area (Å²) < 4.78 is 3.64. The summed E-state index contributed by atoms with van der Waals surface area (Å²) in [6.45, 7) is 0.470. The lowest BCUT2D eigenvalue weighted by atomic mass is 10.3. The van der Waals surface area contributed by atoms with E-state index in [2.05, 4.69) is 20.4 Å². The number of carbonyl (C=O) groups excluding carboxylic acids is 1. The van der Waals surface area contributed by atoms with Crippen molar-refractivity contribution in [2.45, 2.75) is 6.42 Å². The number of benzene rings is 1. The SMILES string of the molecule is Cn1ccnc1CCNC(=O)c1nc(-c2cccs2)n(-c2ccccc2)n1. The third kappa shape index (κ3) is 3.65. The van der Waals surface area contributed by atoms with E-state index in [9.17, 15) is 4.79 Å². The first-order valence-electron chi connectivity index (χ1n) is 8.53. The molecule has 4 rings (SSSR count). The highest BCUT2D eigenvalue weighted by Crippen LogP contribution is 2.25. The lowest BCUT2D eigenvalue weighted by Gasteiger charge is -2.03. The van der Waals surface area contributed by atoms with E-state index in [1.165, 1.54) is 0 Å². The minimum atomic E-state index is -0.295. The van der Waals surface area contributed by atoms with Gasteiger partial charge in [0.25, 0.3) is 5.91 Å². The first-order valence-corrected chi connectivity index (χ1v) is 9.41. The molecule has 0 saturated heterocycles. The van der Waals surface area contributed by atoms with Crippen LogP contribution in [0.4, 0.5) is 0 Å². The zero-order chi connectivity index (χ0) is 18.6. The highest BCUT2D eigenvalue weighted by atomic mass is 32.1. The molecule has 136 valence electrons. The number of aryl methyl sites for hydroxylation is 1. The number of amides is 1. The Labute approximate surface area is 160 Å². The second-order valence-electron chi connectivity index (χ2n) is 5.94. The maximum atomic E-state index is 12.6. The third-order valence-corrected chi connectivity index (χ3v) is 4.97. The zero-order valence-electron chi connectivity index (χ0n) is 14.7. The van der Waals surface area contributed by atoms with E-state index >= 15 is 0 Å². The van der Waals surface area contributed by atoms with E-state index < -0.39 is 0 Å². The largest absolute Gasteiger partial charge is 0.349 e. The number of thiophene rings is 1. The predicted octanol–water partition coefficient (Wildman–Crippen LogP) is 2.70. The molecule has 8 heteroatoms. The Morgan fingerprint density at radius 1 is 1.19 bits per heavy atom. The number of aromatic nitrogens is 5. The fourth-order valence-electron chi connectivity index (χ4n) is 2.73. The Morgan fingerprint density at radius 2 is 2.04 bits per heavy atom. The van der Waals surface area contributed by atoms with Crippen molar-refractivity contribution in [1.82, 2.24) is 29.6 Å². The van der Waals surface area contributed by atoms with Gasteiger partial charge in [0, 0.05) is 32.4 Å². The topological polar surface area (TPSA) is 77.6 Å². The van der Waals surface area contributed by atoms with Crippen LogP contribution < -0.4 is 5.32 Å². The van der Waals surface area contributed by atoms with E-state index in [1.54, 1.807) is 22.2 Å². The van der Waals surface area contributed by atoms with E-state index in [-0.39, 0.29) is 11.7 Å². The van der Waals surface area contributed by atoms with Crippen molar-refractivity contribution in [1.29, 1.82) is 0 Å². The molecule has 0 unspecified atom stereocenters. The van der Waals surface area contributed by atoms with Gasteiger partial charge in [-0.05, 0) is 23.6 Å². The second-order valence-corrected chi connectivity index (χ2v) is 6.89. The number of rotatable bonds is 6.